The van der Waals surface area contributed by atoms with Gasteiger partial charge in [0.15, 0.2) is 0 Å². The molecule has 0 aliphatic heterocycles. The van der Waals surface area contributed by atoms with Crippen molar-refractivity contribution in [2.45, 2.75) is 63.6 Å². The fraction of sp³-hybridized carbons (Fsp3) is 0.846. The van der Waals surface area contributed by atoms with E-state index in [1.54, 1.807) is 13.3 Å². The second kappa shape index (κ2) is 5.80. The van der Waals surface area contributed by atoms with E-state index in [2.05, 4.69) is 17.2 Å². The predicted molar refractivity (Wildman–Crippen MR) is 70.1 cm³/mol. The van der Waals surface area contributed by atoms with E-state index in [0.29, 0.717) is 0 Å². The van der Waals surface area contributed by atoms with Crippen LogP contribution in [0, 0.1) is 0 Å². The molecule has 5 heteroatoms. The highest BCUT2D eigenvalue weighted by atomic mass is 16.5. The summed E-state index contributed by atoms with van der Waals surface area (Å²) < 4.78 is 7.72. The Hall–Kier alpha value is -0.940. The van der Waals surface area contributed by atoms with Crippen molar-refractivity contribution in [3.05, 3.63) is 11.9 Å². The van der Waals surface area contributed by atoms with Gasteiger partial charge in [-0.15, -0.1) is 5.10 Å². The lowest BCUT2D eigenvalue weighted by Crippen LogP contribution is -2.45. The Morgan fingerprint density at radius 1 is 1.44 bits per heavy atom. The number of hydrogen-bond donors (Lipinski definition) is 1. The lowest BCUT2D eigenvalue weighted by atomic mass is 9.78. The maximum absolute atomic E-state index is 6.46. The molecule has 1 aromatic rings. The van der Waals surface area contributed by atoms with Crippen LogP contribution >= 0.6 is 0 Å². The smallest absolute Gasteiger partial charge is 0.0886 e. The molecule has 102 valence electrons. The van der Waals surface area contributed by atoms with Gasteiger partial charge in [-0.3, -0.25) is 0 Å². The summed E-state index contributed by atoms with van der Waals surface area (Å²) in [6.07, 6.45) is 8.54. The average molecular weight is 252 g/mol. The third kappa shape index (κ3) is 2.42. The third-order valence-electron chi connectivity index (χ3n) is 4.07. The third-order valence-corrected chi connectivity index (χ3v) is 4.07. The van der Waals surface area contributed by atoms with Gasteiger partial charge >= 0.3 is 0 Å². The molecular weight excluding hydrogens is 228 g/mol. The van der Waals surface area contributed by atoms with E-state index >= 15 is 0 Å². The summed E-state index contributed by atoms with van der Waals surface area (Å²) in [6, 6.07) is -0.135. The van der Waals surface area contributed by atoms with Crippen molar-refractivity contribution in [1.29, 1.82) is 0 Å². The first-order chi connectivity index (χ1) is 8.73. The molecule has 0 spiro atoms. The minimum absolute atomic E-state index is 0.135. The van der Waals surface area contributed by atoms with E-state index < -0.39 is 0 Å². The maximum Gasteiger partial charge on any atom is 0.0886 e. The fourth-order valence-electron chi connectivity index (χ4n) is 2.95. The lowest BCUT2D eigenvalue weighted by molar-refractivity contribution is -0.0613. The van der Waals surface area contributed by atoms with Crippen LogP contribution in [0.3, 0.4) is 0 Å². The molecule has 1 aromatic heterocycles. The van der Waals surface area contributed by atoms with Gasteiger partial charge in [-0.25, -0.2) is 4.68 Å². The first-order valence-corrected chi connectivity index (χ1v) is 6.92. The number of aryl methyl sites for hydroxylation is 1. The number of hydrogen-bond acceptors (Lipinski definition) is 4. The lowest BCUT2D eigenvalue weighted by Gasteiger charge is -2.40. The highest BCUT2D eigenvalue weighted by Gasteiger charge is 2.40. The zero-order valence-corrected chi connectivity index (χ0v) is 11.4. The Bertz CT molecular complexity index is 371. The number of ether oxygens (including phenoxy) is 1. The first-order valence-electron chi connectivity index (χ1n) is 6.92. The van der Waals surface area contributed by atoms with Crippen molar-refractivity contribution in [3.8, 4) is 0 Å². The first kappa shape index (κ1) is 13.5. The summed E-state index contributed by atoms with van der Waals surface area (Å²) in [5.74, 6) is 0. The van der Waals surface area contributed by atoms with Crippen LogP contribution in [0.4, 0.5) is 0 Å². The van der Waals surface area contributed by atoms with Crippen molar-refractivity contribution in [2.24, 2.45) is 5.73 Å². The minimum atomic E-state index is -0.231. The summed E-state index contributed by atoms with van der Waals surface area (Å²) in [7, 11) is 1.78. The van der Waals surface area contributed by atoms with Gasteiger partial charge in [-0.2, -0.15) is 0 Å². The number of aromatic nitrogens is 3. The topological polar surface area (TPSA) is 66.0 Å². The van der Waals surface area contributed by atoms with Crippen LogP contribution in [0.15, 0.2) is 6.20 Å². The average Bonchev–Trinajstić information content (AvgIpc) is 2.87. The molecule has 0 saturated heterocycles. The predicted octanol–water partition coefficient (Wildman–Crippen LogP) is 2.04. The fourth-order valence-corrected chi connectivity index (χ4v) is 2.95. The zero-order chi connectivity index (χ0) is 13.0. The van der Waals surface area contributed by atoms with E-state index in [9.17, 15) is 0 Å². The van der Waals surface area contributed by atoms with Crippen LogP contribution < -0.4 is 5.73 Å². The van der Waals surface area contributed by atoms with Crippen LogP contribution in [-0.2, 0) is 11.3 Å². The normalized spacial score (nSPS) is 20.8. The van der Waals surface area contributed by atoms with Crippen molar-refractivity contribution in [3.63, 3.8) is 0 Å². The van der Waals surface area contributed by atoms with Crippen molar-refractivity contribution in [1.82, 2.24) is 15.0 Å². The van der Waals surface area contributed by atoms with E-state index in [1.165, 1.54) is 19.3 Å². The van der Waals surface area contributed by atoms with Crippen molar-refractivity contribution in [2.75, 3.05) is 7.11 Å². The molecule has 1 atom stereocenters. The van der Waals surface area contributed by atoms with Crippen molar-refractivity contribution >= 4 is 0 Å². The largest absolute Gasteiger partial charge is 0.376 e. The van der Waals surface area contributed by atoms with E-state index in [-0.39, 0.29) is 11.6 Å². The van der Waals surface area contributed by atoms with E-state index in [1.807, 2.05) is 4.68 Å². The van der Waals surface area contributed by atoms with Crippen LogP contribution in [0.25, 0.3) is 0 Å². The molecule has 1 fully saturated rings. The summed E-state index contributed by atoms with van der Waals surface area (Å²) in [4.78, 5) is 0. The van der Waals surface area contributed by atoms with E-state index in [4.69, 9.17) is 10.5 Å². The van der Waals surface area contributed by atoms with Gasteiger partial charge in [-0.05, 0) is 19.3 Å². The zero-order valence-electron chi connectivity index (χ0n) is 11.4. The van der Waals surface area contributed by atoms with Crippen molar-refractivity contribution < 1.29 is 4.74 Å². The number of methoxy groups -OCH3 is 1. The van der Waals surface area contributed by atoms with Crippen LogP contribution in [-0.4, -0.2) is 27.7 Å². The van der Waals surface area contributed by atoms with Gasteiger partial charge in [0.05, 0.1) is 23.5 Å². The summed E-state index contributed by atoms with van der Waals surface area (Å²) >= 11 is 0. The molecule has 1 unspecified atom stereocenters. The SMILES string of the molecule is CCCn1nncc1C(N)C1(OC)CCCCC1. The van der Waals surface area contributed by atoms with Gasteiger partial charge in [0.1, 0.15) is 0 Å². The quantitative estimate of drug-likeness (QED) is 0.871. The Balaban J connectivity index is 2.22. The Morgan fingerprint density at radius 3 is 2.78 bits per heavy atom. The second-order valence-electron chi connectivity index (χ2n) is 5.19. The molecule has 2 rings (SSSR count). The minimum Gasteiger partial charge on any atom is -0.376 e. The van der Waals surface area contributed by atoms with E-state index in [0.717, 1.165) is 31.5 Å². The molecule has 0 aromatic carbocycles. The Kier molecular flexibility index (Phi) is 4.35. The van der Waals surface area contributed by atoms with Crippen LogP contribution in [0.2, 0.25) is 0 Å². The van der Waals surface area contributed by atoms with Gasteiger partial charge in [0, 0.05) is 13.7 Å². The number of rotatable bonds is 5. The van der Waals surface area contributed by atoms with Gasteiger partial charge < -0.3 is 10.5 Å². The molecular formula is C13H24N4O. The van der Waals surface area contributed by atoms with Gasteiger partial charge in [-0.1, -0.05) is 31.4 Å². The molecule has 1 saturated carbocycles. The van der Waals surface area contributed by atoms with Crippen LogP contribution in [0.1, 0.15) is 57.2 Å². The molecule has 1 aliphatic carbocycles. The molecule has 1 heterocycles. The molecule has 18 heavy (non-hydrogen) atoms. The summed E-state index contributed by atoms with van der Waals surface area (Å²) in [6.45, 7) is 2.99. The molecule has 1 aliphatic rings. The molecule has 0 bridgehead atoms. The molecule has 2 N–H and O–H groups in total. The summed E-state index contributed by atoms with van der Waals surface area (Å²) in [5.41, 5.74) is 7.23. The Morgan fingerprint density at radius 2 is 2.17 bits per heavy atom. The molecule has 0 amide bonds. The standard InChI is InChI=1S/C13H24N4O/c1-3-9-17-11(10-15-16-17)12(14)13(18-2)7-5-4-6-8-13/h10,12H,3-9,14H2,1-2H3. The number of nitrogens with two attached hydrogens (primary N) is 1. The highest BCUT2D eigenvalue weighted by molar-refractivity contribution is 5.10. The summed E-state index contributed by atoms with van der Waals surface area (Å²) in [5, 5.41) is 8.12. The maximum atomic E-state index is 6.46. The highest BCUT2D eigenvalue weighted by Crippen LogP contribution is 2.39. The van der Waals surface area contributed by atoms with Crippen LogP contribution in [0.5, 0.6) is 0 Å². The number of nitrogens with zero attached hydrogens (tertiary/aromatic N) is 3. The Labute approximate surface area is 109 Å². The monoisotopic (exact) mass is 252 g/mol. The van der Waals surface area contributed by atoms with Gasteiger partial charge in [0.2, 0.25) is 0 Å². The molecule has 5 nitrogen and oxygen atoms in total. The second-order valence-corrected chi connectivity index (χ2v) is 5.19. The molecule has 0 radical (unpaired) electrons. The van der Waals surface area contributed by atoms with Gasteiger partial charge in [0.25, 0.3) is 0 Å².